The molecule has 1 saturated carbocycles. The summed E-state index contributed by atoms with van der Waals surface area (Å²) >= 11 is 0. The maximum absolute atomic E-state index is 12.6. The highest BCUT2D eigenvalue weighted by molar-refractivity contribution is 6.07. The maximum Gasteiger partial charge on any atom is 0.329 e. The van der Waals surface area contributed by atoms with Gasteiger partial charge in [0.25, 0.3) is 0 Å². The highest BCUT2D eigenvalue weighted by Crippen LogP contribution is 2.39. The van der Waals surface area contributed by atoms with Gasteiger partial charge in [0, 0.05) is 5.56 Å². The van der Waals surface area contributed by atoms with E-state index in [-0.39, 0.29) is 30.3 Å². The summed E-state index contributed by atoms with van der Waals surface area (Å²) in [7, 11) is 0. The van der Waals surface area contributed by atoms with Gasteiger partial charge >= 0.3 is 5.97 Å². The number of hydrogen-bond donors (Lipinski definition) is 0. The van der Waals surface area contributed by atoms with E-state index < -0.39 is 12.0 Å². The van der Waals surface area contributed by atoms with Crippen LogP contribution in [0, 0.1) is 11.8 Å². The van der Waals surface area contributed by atoms with Crippen molar-refractivity contribution >= 4 is 17.8 Å². The lowest BCUT2D eigenvalue weighted by Crippen LogP contribution is -2.44. The van der Waals surface area contributed by atoms with Crippen molar-refractivity contribution < 1.29 is 23.9 Å². The molecule has 3 rings (SSSR count). The number of esters is 1. The summed E-state index contributed by atoms with van der Waals surface area (Å²) in [6.07, 6.45) is 3.38. The second kappa shape index (κ2) is 7.89. The maximum atomic E-state index is 12.6. The van der Waals surface area contributed by atoms with Crippen LogP contribution >= 0.6 is 0 Å². The number of ether oxygens (including phenoxy) is 2. The van der Waals surface area contributed by atoms with Crippen LogP contribution in [-0.4, -0.2) is 35.3 Å². The molecule has 1 aliphatic carbocycles. The van der Waals surface area contributed by atoms with Crippen molar-refractivity contribution in [1.29, 1.82) is 0 Å². The summed E-state index contributed by atoms with van der Waals surface area (Å²) in [4.78, 5) is 38.8. The molecule has 3 unspecified atom stereocenters. The molecule has 0 spiro atoms. The lowest BCUT2D eigenvalue weighted by molar-refractivity contribution is -0.159. The highest BCUT2D eigenvalue weighted by atomic mass is 16.5. The third-order valence-corrected chi connectivity index (χ3v) is 5.25. The molecule has 0 N–H and O–H groups in total. The molecule has 26 heavy (non-hydrogen) atoms. The molecule has 1 aromatic carbocycles. The van der Waals surface area contributed by atoms with Gasteiger partial charge < -0.3 is 9.47 Å². The van der Waals surface area contributed by atoms with Gasteiger partial charge in [-0.05, 0) is 32.8 Å². The first-order valence-corrected chi connectivity index (χ1v) is 9.28. The predicted molar refractivity (Wildman–Crippen MR) is 94.2 cm³/mol. The first-order valence-electron chi connectivity index (χ1n) is 9.28. The molecule has 0 aromatic heterocycles. The molecule has 6 nitrogen and oxygen atoms in total. The minimum absolute atomic E-state index is 0.0441. The number of imide groups is 1. The van der Waals surface area contributed by atoms with Crippen molar-refractivity contribution in [2.45, 2.75) is 52.2 Å². The zero-order valence-electron chi connectivity index (χ0n) is 15.3. The standard InChI is InChI=1S/C20H25NO5/c1-3-25-17-11-7-4-8-14(17)12-26-20(24)13(2)21-18(22)15-9-5-6-10-16(15)19(21)23/h4,7-8,11,13,15-16H,3,5-6,9-10,12H2,1-2H3. The molecule has 3 atom stereocenters. The van der Waals surface area contributed by atoms with Crippen LogP contribution in [0.5, 0.6) is 5.75 Å². The quantitative estimate of drug-likeness (QED) is 0.577. The number of carbonyl (C=O) groups is 3. The zero-order chi connectivity index (χ0) is 18.7. The highest BCUT2D eigenvalue weighted by Gasteiger charge is 2.51. The predicted octanol–water partition coefficient (Wildman–Crippen LogP) is 2.69. The van der Waals surface area contributed by atoms with E-state index in [1.807, 2.05) is 31.2 Å². The Balaban J connectivity index is 1.65. The topological polar surface area (TPSA) is 72.9 Å². The van der Waals surface area contributed by atoms with Crippen LogP contribution in [0.1, 0.15) is 45.1 Å². The van der Waals surface area contributed by atoms with Crippen molar-refractivity contribution in [2.75, 3.05) is 6.61 Å². The van der Waals surface area contributed by atoms with E-state index in [4.69, 9.17) is 9.47 Å². The van der Waals surface area contributed by atoms with E-state index in [0.29, 0.717) is 12.4 Å². The molecule has 2 fully saturated rings. The Morgan fingerprint density at radius 1 is 1.15 bits per heavy atom. The molecular weight excluding hydrogens is 334 g/mol. The summed E-state index contributed by atoms with van der Waals surface area (Å²) in [6, 6.07) is 6.42. The van der Waals surface area contributed by atoms with Gasteiger partial charge in [-0.2, -0.15) is 0 Å². The van der Waals surface area contributed by atoms with Crippen LogP contribution in [0.2, 0.25) is 0 Å². The first kappa shape index (κ1) is 18.4. The summed E-state index contributed by atoms with van der Waals surface area (Å²) in [5.74, 6) is -0.875. The van der Waals surface area contributed by atoms with Gasteiger partial charge in [0.15, 0.2) is 0 Å². The molecule has 1 aliphatic heterocycles. The Labute approximate surface area is 153 Å². The minimum atomic E-state index is -0.903. The van der Waals surface area contributed by atoms with Crippen LogP contribution in [0.3, 0.4) is 0 Å². The summed E-state index contributed by atoms with van der Waals surface area (Å²) in [5, 5.41) is 0. The third kappa shape index (κ3) is 3.45. The summed E-state index contributed by atoms with van der Waals surface area (Å²) in [5.41, 5.74) is 0.752. The fraction of sp³-hybridized carbons (Fsp3) is 0.550. The van der Waals surface area contributed by atoms with E-state index in [2.05, 4.69) is 0 Å². The molecule has 6 heteroatoms. The number of benzene rings is 1. The minimum Gasteiger partial charge on any atom is -0.493 e. The van der Waals surface area contributed by atoms with Gasteiger partial charge in [-0.25, -0.2) is 4.79 Å². The molecule has 2 aliphatic rings. The molecule has 0 bridgehead atoms. The first-order chi connectivity index (χ1) is 12.5. The van der Waals surface area contributed by atoms with Crippen molar-refractivity contribution in [3.63, 3.8) is 0 Å². The van der Waals surface area contributed by atoms with Gasteiger partial charge in [-0.3, -0.25) is 14.5 Å². The van der Waals surface area contributed by atoms with E-state index >= 15 is 0 Å². The monoisotopic (exact) mass is 359 g/mol. The Morgan fingerprint density at radius 2 is 1.77 bits per heavy atom. The molecule has 1 saturated heterocycles. The number of hydrogen-bond acceptors (Lipinski definition) is 5. The van der Waals surface area contributed by atoms with E-state index in [1.54, 1.807) is 6.92 Å². The number of fused-ring (bicyclic) bond motifs is 1. The van der Waals surface area contributed by atoms with Gasteiger partial charge in [0.05, 0.1) is 18.4 Å². The normalized spacial score (nSPS) is 23.5. The largest absolute Gasteiger partial charge is 0.493 e. The lowest BCUT2D eigenvalue weighted by Gasteiger charge is -2.22. The second-order valence-corrected chi connectivity index (χ2v) is 6.87. The number of para-hydroxylation sites is 1. The second-order valence-electron chi connectivity index (χ2n) is 6.87. The molecule has 0 radical (unpaired) electrons. The molecule has 1 aromatic rings. The molecular formula is C20H25NO5. The van der Waals surface area contributed by atoms with E-state index in [0.717, 1.165) is 36.1 Å². The fourth-order valence-corrected chi connectivity index (χ4v) is 3.86. The third-order valence-electron chi connectivity index (χ3n) is 5.25. The van der Waals surface area contributed by atoms with Crippen LogP contribution in [0.4, 0.5) is 0 Å². The summed E-state index contributed by atoms with van der Waals surface area (Å²) in [6.45, 7) is 4.00. The Hall–Kier alpha value is -2.37. The molecule has 1 heterocycles. The van der Waals surface area contributed by atoms with Gasteiger partial charge in [-0.15, -0.1) is 0 Å². The van der Waals surface area contributed by atoms with Crippen LogP contribution in [0.25, 0.3) is 0 Å². The average molecular weight is 359 g/mol. The fourth-order valence-electron chi connectivity index (χ4n) is 3.86. The van der Waals surface area contributed by atoms with Crippen LogP contribution in [-0.2, 0) is 25.7 Å². The van der Waals surface area contributed by atoms with Crippen molar-refractivity contribution in [2.24, 2.45) is 11.8 Å². The number of amides is 2. The Bertz CT molecular complexity index is 677. The number of carbonyl (C=O) groups excluding carboxylic acids is 3. The van der Waals surface area contributed by atoms with Crippen molar-refractivity contribution in [1.82, 2.24) is 4.90 Å². The van der Waals surface area contributed by atoms with E-state index in [1.165, 1.54) is 0 Å². The smallest absolute Gasteiger partial charge is 0.329 e. The number of likely N-dealkylation sites (tertiary alicyclic amines) is 1. The summed E-state index contributed by atoms with van der Waals surface area (Å²) < 4.78 is 10.9. The van der Waals surface area contributed by atoms with Crippen molar-refractivity contribution in [3.05, 3.63) is 29.8 Å². The van der Waals surface area contributed by atoms with Gasteiger partial charge in [0.1, 0.15) is 18.4 Å². The van der Waals surface area contributed by atoms with E-state index in [9.17, 15) is 14.4 Å². The molecule has 140 valence electrons. The Morgan fingerprint density at radius 3 is 2.38 bits per heavy atom. The number of rotatable bonds is 6. The van der Waals surface area contributed by atoms with Crippen LogP contribution in [0.15, 0.2) is 24.3 Å². The SMILES string of the molecule is CCOc1ccccc1COC(=O)C(C)N1C(=O)C2CCCCC2C1=O. The van der Waals surface area contributed by atoms with Crippen molar-refractivity contribution in [3.8, 4) is 5.75 Å². The van der Waals surface area contributed by atoms with Gasteiger partial charge in [-0.1, -0.05) is 31.0 Å². The zero-order valence-corrected chi connectivity index (χ0v) is 15.3. The molecule has 2 amide bonds. The lowest BCUT2D eigenvalue weighted by atomic mass is 9.81. The number of nitrogens with zero attached hydrogens (tertiary/aromatic N) is 1. The van der Waals surface area contributed by atoms with Gasteiger partial charge in [0.2, 0.25) is 11.8 Å². The van der Waals surface area contributed by atoms with Crippen LogP contribution < -0.4 is 4.74 Å². The Kier molecular flexibility index (Phi) is 5.59. The average Bonchev–Trinajstić information content (AvgIpc) is 2.91.